The lowest BCUT2D eigenvalue weighted by molar-refractivity contribution is 0.0598. The van der Waals surface area contributed by atoms with Crippen molar-refractivity contribution in [2.75, 3.05) is 20.2 Å². The van der Waals surface area contributed by atoms with Crippen molar-refractivity contribution in [3.8, 4) is 12.1 Å². The molecule has 1 aromatic heterocycles. The molecule has 1 aromatic rings. The Hall–Kier alpha value is -2.44. The molecule has 0 aliphatic carbocycles. The minimum absolute atomic E-state index is 0.102. The Bertz CT molecular complexity index is 486. The van der Waals surface area contributed by atoms with Crippen molar-refractivity contribution >= 4 is 5.97 Å². The third kappa shape index (κ3) is 3.55. The molecule has 0 unspecified atom stereocenters. The van der Waals surface area contributed by atoms with Gasteiger partial charge in [-0.05, 0) is 12.1 Å². The quantitative estimate of drug-likeness (QED) is 0.560. The second-order valence-corrected chi connectivity index (χ2v) is 3.45. The van der Waals surface area contributed by atoms with E-state index in [-0.39, 0.29) is 19.6 Å². The minimum atomic E-state index is -0.480. The van der Waals surface area contributed by atoms with Gasteiger partial charge < -0.3 is 4.74 Å². The molecule has 6 heteroatoms. The molecule has 6 nitrogen and oxygen atoms in total. The van der Waals surface area contributed by atoms with Gasteiger partial charge >= 0.3 is 5.97 Å². The smallest absolute Gasteiger partial charge is 0.339 e. The second-order valence-electron chi connectivity index (χ2n) is 3.45. The number of hydrogen-bond donors (Lipinski definition) is 0. The fourth-order valence-corrected chi connectivity index (χ4v) is 1.44. The summed E-state index contributed by atoms with van der Waals surface area (Å²) in [5, 5.41) is 17.3. The largest absolute Gasteiger partial charge is 0.465 e. The van der Waals surface area contributed by atoms with Crippen LogP contribution in [-0.4, -0.2) is 36.1 Å². The molecule has 0 fully saturated rings. The molecule has 0 aliphatic heterocycles. The van der Waals surface area contributed by atoms with Crippen molar-refractivity contribution < 1.29 is 9.53 Å². The number of methoxy groups -OCH3 is 1. The molecular formula is C12H12N4O2. The number of ether oxygens (including phenoxy) is 1. The number of nitriles is 2. The fraction of sp³-hybridized carbons (Fsp3) is 0.333. The molecule has 0 N–H and O–H groups in total. The van der Waals surface area contributed by atoms with Gasteiger partial charge in [-0.3, -0.25) is 9.88 Å². The van der Waals surface area contributed by atoms with Crippen LogP contribution in [0.3, 0.4) is 0 Å². The number of pyridine rings is 1. The Kier molecular flexibility index (Phi) is 5.30. The molecule has 0 saturated carbocycles. The first-order chi connectivity index (χ1) is 8.72. The first kappa shape index (κ1) is 13.6. The Morgan fingerprint density at radius 2 is 2.11 bits per heavy atom. The second kappa shape index (κ2) is 7.00. The molecule has 0 saturated heterocycles. The van der Waals surface area contributed by atoms with E-state index in [0.717, 1.165) is 0 Å². The van der Waals surface area contributed by atoms with Crippen LogP contribution in [0.25, 0.3) is 0 Å². The number of rotatable bonds is 5. The third-order valence-electron chi connectivity index (χ3n) is 2.26. The van der Waals surface area contributed by atoms with Crippen molar-refractivity contribution in [3.63, 3.8) is 0 Å². The molecular weight excluding hydrogens is 232 g/mol. The first-order valence-corrected chi connectivity index (χ1v) is 5.21. The summed E-state index contributed by atoms with van der Waals surface area (Å²) in [5.41, 5.74) is 0.843. The van der Waals surface area contributed by atoms with Gasteiger partial charge in [0.1, 0.15) is 0 Å². The monoisotopic (exact) mass is 244 g/mol. The molecule has 18 heavy (non-hydrogen) atoms. The number of aromatic nitrogens is 1. The number of nitrogens with zero attached hydrogens (tertiary/aromatic N) is 4. The van der Waals surface area contributed by atoms with E-state index in [9.17, 15) is 4.79 Å². The molecule has 1 heterocycles. The van der Waals surface area contributed by atoms with Crippen LogP contribution < -0.4 is 0 Å². The van der Waals surface area contributed by atoms with Crippen molar-refractivity contribution in [3.05, 3.63) is 29.6 Å². The van der Waals surface area contributed by atoms with Crippen LogP contribution in [0.2, 0.25) is 0 Å². The highest BCUT2D eigenvalue weighted by atomic mass is 16.5. The number of carbonyl (C=O) groups is 1. The standard InChI is InChI=1S/C12H12N4O2/c1-18-12(17)10-3-2-6-15-11(10)9-16(7-4-13)8-5-14/h2-3,6H,7-9H2,1H3. The van der Waals surface area contributed by atoms with E-state index in [1.807, 2.05) is 12.1 Å². The van der Waals surface area contributed by atoms with E-state index < -0.39 is 5.97 Å². The van der Waals surface area contributed by atoms with Crippen LogP contribution in [0.15, 0.2) is 18.3 Å². The maximum Gasteiger partial charge on any atom is 0.339 e. The number of hydrogen-bond acceptors (Lipinski definition) is 6. The number of carbonyl (C=O) groups excluding carboxylic acids is 1. The van der Waals surface area contributed by atoms with Crippen LogP contribution in [0.5, 0.6) is 0 Å². The maximum absolute atomic E-state index is 11.5. The van der Waals surface area contributed by atoms with Gasteiger partial charge in [-0.2, -0.15) is 10.5 Å². The maximum atomic E-state index is 11.5. The molecule has 0 atom stereocenters. The van der Waals surface area contributed by atoms with Gasteiger partial charge in [0, 0.05) is 12.7 Å². The lowest BCUT2D eigenvalue weighted by atomic mass is 10.2. The average Bonchev–Trinajstić information content (AvgIpc) is 2.39. The SMILES string of the molecule is COC(=O)c1cccnc1CN(CC#N)CC#N. The first-order valence-electron chi connectivity index (χ1n) is 5.21. The third-order valence-corrected chi connectivity index (χ3v) is 2.26. The van der Waals surface area contributed by atoms with Crippen molar-refractivity contribution in [2.24, 2.45) is 0 Å². The molecule has 0 amide bonds. The minimum Gasteiger partial charge on any atom is -0.465 e. The summed E-state index contributed by atoms with van der Waals surface area (Å²) in [7, 11) is 1.29. The van der Waals surface area contributed by atoms with Gasteiger partial charge in [-0.25, -0.2) is 4.79 Å². The molecule has 1 rings (SSSR count). The van der Waals surface area contributed by atoms with Gasteiger partial charge in [0.15, 0.2) is 0 Å². The van der Waals surface area contributed by atoms with E-state index in [4.69, 9.17) is 10.5 Å². The lowest BCUT2D eigenvalue weighted by Crippen LogP contribution is -2.25. The van der Waals surface area contributed by atoms with Gasteiger partial charge in [0.05, 0.1) is 43.6 Å². The van der Waals surface area contributed by atoms with Crippen molar-refractivity contribution in [1.82, 2.24) is 9.88 Å². The van der Waals surface area contributed by atoms with Crippen LogP contribution in [0, 0.1) is 22.7 Å². The summed E-state index contributed by atoms with van der Waals surface area (Å²) in [4.78, 5) is 17.2. The zero-order chi connectivity index (χ0) is 13.4. The summed E-state index contributed by atoms with van der Waals surface area (Å²) in [6.45, 7) is 0.460. The Morgan fingerprint density at radius 3 is 2.67 bits per heavy atom. The molecule has 0 aromatic carbocycles. The van der Waals surface area contributed by atoms with Gasteiger partial charge in [0.25, 0.3) is 0 Å². The Balaban J connectivity index is 2.92. The van der Waals surface area contributed by atoms with Crippen LogP contribution in [0.1, 0.15) is 16.1 Å². The van der Waals surface area contributed by atoms with Gasteiger partial charge in [-0.1, -0.05) is 0 Å². The van der Waals surface area contributed by atoms with Crippen molar-refractivity contribution in [2.45, 2.75) is 6.54 Å². The van der Waals surface area contributed by atoms with Crippen LogP contribution >= 0.6 is 0 Å². The van der Waals surface area contributed by atoms with Gasteiger partial charge in [0.2, 0.25) is 0 Å². The molecule has 0 radical (unpaired) electrons. The average molecular weight is 244 g/mol. The van der Waals surface area contributed by atoms with E-state index in [1.54, 1.807) is 23.2 Å². The Labute approximate surface area is 105 Å². The molecule has 0 aliphatic rings. The van der Waals surface area contributed by atoms with Crippen LogP contribution in [0.4, 0.5) is 0 Å². The van der Waals surface area contributed by atoms with E-state index in [2.05, 4.69) is 9.72 Å². The topological polar surface area (TPSA) is 90.0 Å². The summed E-state index contributed by atoms with van der Waals surface area (Å²) in [5.74, 6) is -0.480. The van der Waals surface area contributed by atoms with E-state index >= 15 is 0 Å². The van der Waals surface area contributed by atoms with Crippen LogP contribution in [-0.2, 0) is 11.3 Å². The van der Waals surface area contributed by atoms with Crippen molar-refractivity contribution in [1.29, 1.82) is 10.5 Å². The summed E-state index contributed by atoms with van der Waals surface area (Å²) >= 11 is 0. The Morgan fingerprint density at radius 1 is 1.44 bits per heavy atom. The summed E-state index contributed by atoms with van der Waals surface area (Å²) in [6, 6.07) is 7.17. The molecule has 0 bridgehead atoms. The fourth-order valence-electron chi connectivity index (χ4n) is 1.44. The zero-order valence-electron chi connectivity index (χ0n) is 9.96. The highest BCUT2D eigenvalue weighted by Crippen LogP contribution is 2.09. The number of esters is 1. The lowest BCUT2D eigenvalue weighted by Gasteiger charge is -2.15. The van der Waals surface area contributed by atoms with E-state index in [0.29, 0.717) is 11.3 Å². The molecule has 92 valence electrons. The highest BCUT2D eigenvalue weighted by molar-refractivity contribution is 5.90. The van der Waals surface area contributed by atoms with Gasteiger partial charge in [-0.15, -0.1) is 0 Å². The summed E-state index contributed by atoms with van der Waals surface area (Å²) < 4.78 is 4.65. The zero-order valence-corrected chi connectivity index (χ0v) is 9.96. The predicted octanol–water partition coefficient (Wildman–Crippen LogP) is 0.717. The van der Waals surface area contributed by atoms with E-state index in [1.165, 1.54) is 7.11 Å². The predicted molar refractivity (Wildman–Crippen MR) is 62.1 cm³/mol. The summed E-state index contributed by atoms with van der Waals surface area (Å²) in [6.07, 6.45) is 1.55. The molecule has 0 spiro atoms. The normalized spacial score (nSPS) is 9.56. The highest BCUT2D eigenvalue weighted by Gasteiger charge is 2.15.